The van der Waals surface area contributed by atoms with Gasteiger partial charge in [0.2, 0.25) is 5.91 Å². The Morgan fingerprint density at radius 2 is 2.25 bits per heavy atom. The second kappa shape index (κ2) is 5.46. The van der Waals surface area contributed by atoms with Crippen LogP contribution in [0.1, 0.15) is 19.8 Å². The van der Waals surface area contributed by atoms with Crippen LogP contribution >= 0.6 is 11.3 Å². The van der Waals surface area contributed by atoms with Crippen molar-refractivity contribution >= 4 is 28.7 Å². The molecule has 4 nitrogen and oxygen atoms in total. The van der Waals surface area contributed by atoms with Crippen LogP contribution in [-0.2, 0) is 4.79 Å². The number of nitrogens with one attached hydrogen (secondary N) is 1. The van der Waals surface area contributed by atoms with E-state index in [-0.39, 0.29) is 5.91 Å². The van der Waals surface area contributed by atoms with E-state index in [0.29, 0.717) is 6.42 Å². The third-order valence-electron chi connectivity index (χ3n) is 3.02. The summed E-state index contributed by atoms with van der Waals surface area (Å²) in [6.45, 7) is 1.99. The average Bonchev–Trinajstić information content (AvgIpc) is 3.07. The first kappa shape index (κ1) is 12.9. The van der Waals surface area contributed by atoms with Gasteiger partial charge in [0.05, 0.1) is 4.88 Å². The molecular weight excluding hydrogens is 270 g/mol. The van der Waals surface area contributed by atoms with Gasteiger partial charge in [-0.05, 0) is 30.0 Å². The second-order valence-corrected chi connectivity index (χ2v) is 5.46. The Morgan fingerprint density at radius 3 is 3.00 bits per heavy atom. The number of pyridine rings is 1. The molecule has 20 heavy (non-hydrogen) atoms. The van der Waals surface area contributed by atoms with E-state index in [0.717, 1.165) is 28.5 Å². The molecule has 0 saturated heterocycles. The third kappa shape index (κ3) is 2.32. The number of carbonyl (C=O) groups is 1. The summed E-state index contributed by atoms with van der Waals surface area (Å²) in [5.74, 6) is 0.775. The quantitative estimate of drug-likeness (QED) is 0.792. The van der Waals surface area contributed by atoms with E-state index in [1.165, 1.54) is 0 Å². The first-order valence-electron chi connectivity index (χ1n) is 6.60. The summed E-state index contributed by atoms with van der Waals surface area (Å²) in [5, 5.41) is 5.00. The number of rotatable bonds is 4. The maximum atomic E-state index is 11.9. The lowest BCUT2D eigenvalue weighted by Gasteiger charge is -2.06. The molecule has 0 aliphatic rings. The van der Waals surface area contributed by atoms with Gasteiger partial charge in [-0.15, -0.1) is 11.3 Å². The Labute approximate surface area is 121 Å². The lowest BCUT2D eigenvalue weighted by atomic mass is 10.3. The van der Waals surface area contributed by atoms with E-state index in [4.69, 9.17) is 0 Å². The number of carbonyl (C=O) groups excluding carboxylic acids is 1. The molecule has 102 valence electrons. The molecule has 0 aromatic carbocycles. The van der Waals surface area contributed by atoms with Gasteiger partial charge in [-0.1, -0.05) is 19.1 Å². The maximum absolute atomic E-state index is 11.9. The summed E-state index contributed by atoms with van der Waals surface area (Å²) in [4.78, 5) is 17.6. The average molecular weight is 285 g/mol. The van der Waals surface area contributed by atoms with E-state index < -0.39 is 0 Å². The zero-order valence-corrected chi connectivity index (χ0v) is 12.0. The smallest absolute Gasteiger partial charge is 0.225 e. The van der Waals surface area contributed by atoms with Crippen molar-refractivity contribution in [3.05, 3.63) is 41.9 Å². The molecular formula is C15H15N3OS. The zero-order valence-electron chi connectivity index (χ0n) is 11.2. The lowest BCUT2D eigenvalue weighted by molar-refractivity contribution is -0.116. The van der Waals surface area contributed by atoms with E-state index in [1.54, 1.807) is 11.3 Å². The lowest BCUT2D eigenvalue weighted by Crippen LogP contribution is -2.12. The molecule has 0 aliphatic heterocycles. The molecule has 3 rings (SSSR count). The molecule has 0 unspecified atom stereocenters. The van der Waals surface area contributed by atoms with Crippen LogP contribution in [0, 0.1) is 0 Å². The minimum absolute atomic E-state index is 0.0240. The second-order valence-electron chi connectivity index (χ2n) is 4.51. The highest BCUT2D eigenvalue weighted by molar-refractivity contribution is 7.13. The fraction of sp³-hybridized carbons (Fsp3) is 0.200. The van der Waals surface area contributed by atoms with E-state index >= 15 is 0 Å². The van der Waals surface area contributed by atoms with Crippen molar-refractivity contribution in [3.8, 4) is 10.6 Å². The highest BCUT2D eigenvalue weighted by atomic mass is 32.1. The number of hydrogen-bond acceptors (Lipinski definition) is 3. The summed E-state index contributed by atoms with van der Waals surface area (Å²) in [7, 11) is 0. The van der Waals surface area contributed by atoms with Gasteiger partial charge in [0.15, 0.2) is 0 Å². The van der Waals surface area contributed by atoms with Crippen LogP contribution < -0.4 is 5.32 Å². The summed E-state index contributed by atoms with van der Waals surface area (Å²) in [5.41, 5.74) is 1.67. The molecule has 0 saturated carbocycles. The molecule has 0 radical (unpaired) electrons. The Morgan fingerprint density at radius 1 is 1.35 bits per heavy atom. The van der Waals surface area contributed by atoms with Crippen LogP contribution in [-0.4, -0.2) is 15.3 Å². The molecule has 0 fully saturated rings. The fourth-order valence-electron chi connectivity index (χ4n) is 2.12. The zero-order chi connectivity index (χ0) is 13.9. The van der Waals surface area contributed by atoms with E-state index in [2.05, 4.69) is 10.3 Å². The summed E-state index contributed by atoms with van der Waals surface area (Å²) in [6.07, 6.45) is 3.27. The Balaban J connectivity index is 2.11. The van der Waals surface area contributed by atoms with Gasteiger partial charge in [0, 0.05) is 12.6 Å². The van der Waals surface area contributed by atoms with Crippen LogP contribution in [0.4, 0.5) is 5.82 Å². The summed E-state index contributed by atoms with van der Waals surface area (Å²) in [6, 6.07) is 9.82. The SMILES string of the molecule is CCCC(=O)Nc1c(-c2cccs2)nc2ccccn12. The number of anilines is 1. The van der Waals surface area contributed by atoms with Gasteiger partial charge in [-0.25, -0.2) is 4.98 Å². The van der Waals surface area contributed by atoms with Gasteiger partial charge < -0.3 is 5.32 Å². The topological polar surface area (TPSA) is 46.4 Å². The first-order chi connectivity index (χ1) is 9.79. The van der Waals surface area contributed by atoms with Gasteiger partial charge >= 0.3 is 0 Å². The Bertz CT molecular complexity index is 731. The van der Waals surface area contributed by atoms with Crippen LogP contribution in [0.25, 0.3) is 16.2 Å². The summed E-state index contributed by atoms with van der Waals surface area (Å²) >= 11 is 1.62. The molecule has 1 amide bonds. The van der Waals surface area contributed by atoms with Gasteiger partial charge in [-0.3, -0.25) is 9.20 Å². The van der Waals surface area contributed by atoms with Crippen molar-refractivity contribution in [2.75, 3.05) is 5.32 Å². The third-order valence-corrected chi connectivity index (χ3v) is 3.90. The molecule has 0 bridgehead atoms. The van der Waals surface area contributed by atoms with Gasteiger partial charge in [0.25, 0.3) is 0 Å². The number of nitrogens with zero attached hydrogens (tertiary/aromatic N) is 2. The van der Waals surface area contributed by atoms with Crippen molar-refractivity contribution in [1.82, 2.24) is 9.38 Å². The maximum Gasteiger partial charge on any atom is 0.225 e. The van der Waals surface area contributed by atoms with Crippen molar-refractivity contribution in [2.24, 2.45) is 0 Å². The molecule has 3 aromatic rings. The van der Waals surface area contributed by atoms with Crippen LogP contribution in [0.15, 0.2) is 41.9 Å². The van der Waals surface area contributed by atoms with Crippen LogP contribution in [0.3, 0.4) is 0 Å². The van der Waals surface area contributed by atoms with Crippen molar-refractivity contribution < 1.29 is 4.79 Å². The first-order valence-corrected chi connectivity index (χ1v) is 7.48. The number of amides is 1. The largest absolute Gasteiger partial charge is 0.310 e. The Kier molecular flexibility index (Phi) is 3.52. The highest BCUT2D eigenvalue weighted by Crippen LogP contribution is 2.31. The minimum Gasteiger partial charge on any atom is -0.310 e. The molecule has 0 aliphatic carbocycles. The molecule has 1 N–H and O–H groups in total. The number of hydrogen-bond donors (Lipinski definition) is 1. The number of aromatic nitrogens is 2. The van der Waals surface area contributed by atoms with Crippen LogP contribution in [0.5, 0.6) is 0 Å². The molecule has 3 heterocycles. The molecule has 0 spiro atoms. The van der Waals surface area contributed by atoms with E-state index in [1.807, 2.05) is 53.2 Å². The number of thiophene rings is 1. The van der Waals surface area contributed by atoms with Gasteiger partial charge in [-0.2, -0.15) is 0 Å². The monoisotopic (exact) mass is 285 g/mol. The Hall–Kier alpha value is -2.14. The predicted octanol–water partition coefficient (Wildman–Crippen LogP) is 3.80. The fourth-order valence-corrected chi connectivity index (χ4v) is 2.84. The molecule has 0 atom stereocenters. The number of imidazole rings is 1. The van der Waals surface area contributed by atoms with Crippen molar-refractivity contribution in [2.45, 2.75) is 19.8 Å². The molecule has 5 heteroatoms. The summed E-state index contributed by atoms with van der Waals surface area (Å²) < 4.78 is 1.92. The van der Waals surface area contributed by atoms with Crippen LogP contribution in [0.2, 0.25) is 0 Å². The standard InChI is InChI=1S/C15H15N3OS/c1-2-6-13(19)17-15-14(11-7-5-10-20-11)16-12-8-3-4-9-18(12)15/h3-5,7-10H,2,6H2,1H3,(H,17,19). The minimum atomic E-state index is 0.0240. The normalized spacial score (nSPS) is 10.8. The van der Waals surface area contributed by atoms with Crippen molar-refractivity contribution in [1.29, 1.82) is 0 Å². The number of fused-ring (bicyclic) bond motifs is 1. The predicted molar refractivity (Wildman–Crippen MR) is 82.0 cm³/mol. The molecule has 3 aromatic heterocycles. The van der Waals surface area contributed by atoms with Crippen molar-refractivity contribution in [3.63, 3.8) is 0 Å². The van der Waals surface area contributed by atoms with Gasteiger partial charge in [0.1, 0.15) is 17.2 Å². The van der Waals surface area contributed by atoms with E-state index in [9.17, 15) is 4.79 Å². The highest BCUT2D eigenvalue weighted by Gasteiger charge is 2.16.